The van der Waals surface area contributed by atoms with Crippen molar-refractivity contribution >= 4 is 35.5 Å². The molecule has 10 nitrogen and oxygen atoms in total. The van der Waals surface area contributed by atoms with E-state index in [1.54, 1.807) is 6.92 Å². The van der Waals surface area contributed by atoms with Gasteiger partial charge < -0.3 is 31.5 Å². The highest BCUT2D eigenvalue weighted by Crippen LogP contribution is 2.22. The van der Waals surface area contributed by atoms with Crippen LogP contribution in [0.2, 0.25) is 0 Å². The zero-order valence-corrected chi connectivity index (χ0v) is 18.6. The van der Waals surface area contributed by atoms with Gasteiger partial charge >= 0.3 is 5.97 Å². The second-order valence-corrected chi connectivity index (χ2v) is 8.52. The summed E-state index contributed by atoms with van der Waals surface area (Å²) in [4.78, 5) is 51.0. The van der Waals surface area contributed by atoms with Crippen molar-refractivity contribution in [2.45, 2.75) is 63.7 Å². The molecule has 0 aliphatic carbocycles. The molecule has 0 saturated carbocycles. The topological polar surface area (TPSA) is 162 Å². The van der Waals surface area contributed by atoms with Crippen molar-refractivity contribution in [1.29, 1.82) is 0 Å². The van der Waals surface area contributed by atoms with Crippen molar-refractivity contribution in [2.75, 3.05) is 25.2 Å². The Bertz CT molecular complexity index is 620. The van der Waals surface area contributed by atoms with Crippen molar-refractivity contribution in [3.8, 4) is 0 Å². The molecular weight excluding hydrogens is 412 g/mol. The lowest BCUT2D eigenvalue weighted by molar-refractivity contribution is -0.145. The number of amides is 3. The van der Waals surface area contributed by atoms with Gasteiger partial charge in [0.2, 0.25) is 17.7 Å². The van der Waals surface area contributed by atoms with Crippen LogP contribution in [-0.4, -0.2) is 88.1 Å². The Labute approximate surface area is 181 Å². The van der Waals surface area contributed by atoms with Crippen LogP contribution in [0.25, 0.3) is 0 Å². The van der Waals surface area contributed by atoms with Crippen LogP contribution in [0, 0.1) is 5.92 Å². The largest absolute Gasteiger partial charge is 0.480 e. The van der Waals surface area contributed by atoms with Crippen LogP contribution in [0.5, 0.6) is 0 Å². The number of nitrogens with two attached hydrogens (primary N) is 1. The van der Waals surface area contributed by atoms with Gasteiger partial charge in [0.1, 0.15) is 24.2 Å². The maximum absolute atomic E-state index is 13.2. The van der Waals surface area contributed by atoms with E-state index in [9.17, 15) is 24.3 Å². The fraction of sp³-hybridized carbons (Fsp3) is 0.789. The normalized spacial score (nSPS) is 20.2. The summed E-state index contributed by atoms with van der Waals surface area (Å²) in [6.07, 6.45) is 3.76. The molecule has 6 N–H and O–H groups in total. The molecule has 0 aromatic carbocycles. The Morgan fingerprint density at radius 2 is 1.93 bits per heavy atom. The number of nitrogens with zero attached hydrogens (tertiary/aromatic N) is 1. The molecule has 0 bridgehead atoms. The number of likely N-dealkylation sites (tertiary alicyclic amines) is 1. The third-order valence-corrected chi connectivity index (χ3v) is 6.02. The molecule has 1 fully saturated rings. The number of hydrogen-bond donors (Lipinski definition) is 5. The lowest BCUT2D eigenvalue weighted by atomic mass is 9.97. The number of carboxylic acids is 1. The second-order valence-electron chi connectivity index (χ2n) is 7.53. The van der Waals surface area contributed by atoms with Gasteiger partial charge in [0, 0.05) is 6.54 Å². The maximum Gasteiger partial charge on any atom is 0.326 e. The molecule has 5 unspecified atom stereocenters. The highest BCUT2D eigenvalue weighted by atomic mass is 32.2. The van der Waals surface area contributed by atoms with E-state index in [-0.39, 0.29) is 12.3 Å². The molecule has 1 heterocycles. The van der Waals surface area contributed by atoms with Crippen LogP contribution in [0.4, 0.5) is 0 Å². The Morgan fingerprint density at radius 3 is 2.47 bits per heavy atom. The van der Waals surface area contributed by atoms with E-state index in [0.29, 0.717) is 31.6 Å². The molecule has 0 aromatic heterocycles. The average Bonchev–Trinajstić information content (AvgIpc) is 3.22. The van der Waals surface area contributed by atoms with Gasteiger partial charge in [-0.3, -0.25) is 14.4 Å². The molecule has 0 aromatic rings. The van der Waals surface area contributed by atoms with E-state index in [0.717, 1.165) is 0 Å². The van der Waals surface area contributed by atoms with E-state index in [4.69, 9.17) is 10.8 Å². The number of aliphatic hydroxyl groups excluding tert-OH is 1. The highest BCUT2D eigenvalue weighted by molar-refractivity contribution is 7.98. The number of rotatable bonds is 12. The predicted octanol–water partition coefficient (Wildman–Crippen LogP) is -0.850. The minimum absolute atomic E-state index is 0.218. The fourth-order valence-electron chi connectivity index (χ4n) is 3.27. The van der Waals surface area contributed by atoms with Gasteiger partial charge in [0.05, 0.1) is 6.61 Å². The number of aliphatic hydroxyl groups is 1. The molecule has 5 atom stereocenters. The first-order chi connectivity index (χ1) is 14.2. The number of thioether (sulfide) groups is 1. The zero-order valence-electron chi connectivity index (χ0n) is 17.8. The summed E-state index contributed by atoms with van der Waals surface area (Å²) in [5, 5.41) is 23.6. The SMILES string of the molecule is CCC(C)C(NC(=O)C(N)CO)C(=O)N1CCCC1C(=O)NC(CCSC)C(=O)O. The summed E-state index contributed by atoms with van der Waals surface area (Å²) >= 11 is 1.48. The van der Waals surface area contributed by atoms with Crippen molar-refractivity contribution in [3.63, 3.8) is 0 Å². The van der Waals surface area contributed by atoms with Crippen molar-refractivity contribution in [1.82, 2.24) is 15.5 Å². The Hall–Kier alpha value is -1.85. The smallest absolute Gasteiger partial charge is 0.326 e. The second kappa shape index (κ2) is 12.8. The molecule has 172 valence electrons. The lowest BCUT2D eigenvalue weighted by Crippen LogP contribution is -2.58. The summed E-state index contributed by atoms with van der Waals surface area (Å²) < 4.78 is 0. The van der Waals surface area contributed by atoms with E-state index in [1.807, 2.05) is 13.2 Å². The van der Waals surface area contributed by atoms with Gasteiger partial charge in [-0.2, -0.15) is 11.8 Å². The van der Waals surface area contributed by atoms with Crippen LogP contribution >= 0.6 is 11.8 Å². The molecule has 1 rings (SSSR count). The van der Waals surface area contributed by atoms with Crippen molar-refractivity contribution in [3.05, 3.63) is 0 Å². The molecule has 3 amide bonds. The Balaban J connectivity index is 2.94. The van der Waals surface area contributed by atoms with Crippen LogP contribution in [-0.2, 0) is 19.2 Å². The van der Waals surface area contributed by atoms with Crippen molar-refractivity contribution < 1.29 is 29.4 Å². The highest BCUT2D eigenvalue weighted by Gasteiger charge is 2.40. The molecule has 1 aliphatic heterocycles. The molecule has 0 radical (unpaired) electrons. The maximum atomic E-state index is 13.2. The zero-order chi connectivity index (χ0) is 22.8. The van der Waals surface area contributed by atoms with Crippen LogP contribution in [0.15, 0.2) is 0 Å². The molecule has 30 heavy (non-hydrogen) atoms. The molecular formula is C19H34N4O6S. The van der Waals surface area contributed by atoms with Gasteiger partial charge in [-0.05, 0) is 37.2 Å². The van der Waals surface area contributed by atoms with E-state index < -0.39 is 54.5 Å². The number of carbonyl (C=O) groups is 4. The summed E-state index contributed by atoms with van der Waals surface area (Å²) in [6.45, 7) is 3.48. The monoisotopic (exact) mass is 446 g/mol. The van der Waals surface area contributed by atoms with Gasteiger partial charge in [-0.1, -0.05) is 20.3 Å². The van der Waals surface area contributed by atoms with Gasteiger partial charge in [-0.25, -0.2) is 4.79 Å². The molecule has 11 heteroatoms. The first kappa shape index (κ1) is 26.2. The van der Waals surface area contributed by atoms with Gasteiger partial charge in [0.15, 0.2) is 0 Å². The van der Waals surface area contributed by atoms with Crippen LogP contribution in [0.1, 0.15) is 39.5 Å². The quantitative estimate of drug-likeness (QED) is 0.259. The van der Waals surface area contributed by atoms with E-state index in [1.165, 1.54) is 16.7 Å². The number of nitrogens with one attached hydrogen (secondary N) is 2. The third-order valence-electron chi connectivity index (χ3n) is 5.37. The average molecular weight is 447 g/mol. The Kier molecular flexibility index (Phi) is 11.1. The lowest BCUT2D eigenvalue weighted by Gasteiger charge is -2.32. The number of carboxylic acid groups (broad SMARTS) is 1. The van der Waals surface area contributed by atoms with E-state index >= 15 is 0 Å². The van der Waals surface area contributed by atoms with Crippen LogP contribution in [0.3, 0.4) is 0 Å². The minimum Gasteiger partial charge on any atom is -0.480 e. The summed E-state index contributed by atoms with van der Waals surface area (Å²) in [6, 6.07) is -3.84. The fourth-order valence-corrected chi connectivity index (χ4v) is 3.74. The third kappa shape index (κ3) is 7.13. The Morgan fingerprint density at radius 1 is 1.27 bits per heavy atom. The first-order valence-electron chi connectivity index (χ1n) is 10.2. The molecule has 1 saturated heterocycles. The summed E-state index contributed by atoms with van der Waals surface area (Å²) in [7, 11) is 0. The van der Waals surface area contributed by atoms with Crippen LogP contribution < -0.4 is 16.4 Å². The standard InChI is InChI=1S/C19H34N4O6S/c1-4-11(2)15(22-16(25)12(20)10-24)18(27)23-8-5-6-14(23)17(26)21-13(19(28)29)7-9-30-3/h11-15,24H,4-10,20H2,1-3H3,(H,21,26)(H,22,25)(H,28,29). The van der Waals surface area contributed by atoms with E-state index in [2.05, 4.69) is 10.6 Å². The number of aliphatic carboxylic acids is 1. The predicted molar refractivity (Wildman–Crippen MR) is 114 cm³/mol. The molecule has 1 aliphatic rings. The van der Waals surface area contributed by atoms with Gasteiger partial charge in [-0.15, -0.1) is 0 Å². The van der Waals surface area contributed by atoms with Crippen molar-refractivity contribution in [2.24, 2.45) is 11.7 Å². The van der Waals surface area contributed by atoms with Gasteiger partial charge in [0.25, 0.3) is 0 Å². The number of hydrogen-bond acceptors (Lipinski definition) is 7. The summed E-state index contributed by atoms with van der Waals surface area (Å²) in [5.74, 6) is -2.30. The minimum atomic E-state index is -1.14. The number of carbonyl (C=O) groups excluding carboxylic acids is 3. The molecule has 0 spiro atoms. The first-order valence-corrected chi connectivity index (χ1v) is 11.6. The summed E-state index contributed by atoms with van der Waals surface area (Å²) in [5.41, 5.74) is 5.55.